The van der Waals surface area contributed by atoms with Crippen LogP contribution in [-0.4, -0.2) is 69.5 Å². The van der Waals surface area contributed by atoms with Crippen molar-refractivity contribution in [2.75, 3.05) is 46.4 Å². The molecule has 2 saturated heterocycles. The number of hydrogen-bond acceptors (Lipinski definition) is 4. The molecular formula is C10H21N3O3S. The normalized spacial score (nSPS) is 25.3. The lowest BCUT2D eigenvalue weighted by Gasteiger charge is -2.35. The molecule has 1 N–H and O–H groups in total. The molecule has 100 valence electrons. The van der Waals surface area contributed by atoms with Gasteiger partial charge in [-0.05, 0) is 12.8 Å². The van der Waals surface area contributed by atoms with E-state index in [9.17, 15) is 8.42 Å². The zero-order valence-electron chi connectivity index (χ0n) is 10.3. The van der Waals surface area contributed by atoms with Gasteiger partial charge in [0, 0.05) is 52.5 Å². The summed E-state index contributed by atoms with van der Waals surface area (Å²) in [5.74, 6) is 0. The van der Waals surface area contributed by atoms with Crippen molar-refractivity contribution in [1.82, 2.24) is 13.9 Å². The molecule has 17 heavy (non-hydrogen) atoms. The third-order valence-electron chi connectivity index (χ3n) is 3.47. The molecule has 0 amide bonds. The number of piperazine rings is 1. The van der Waals surface area contributed by atoms with E-state index in [1.807, 2.05) is 0 Å². The first-order chi connectivity index (χ1) is 8.12. The van der Waals surface area contributed by atoms with E-state index < -0.39 is 10.2 Å². The first kappa shape index (κ1) is 13.2. The molecule has 2 aliphatic rings. The van der Waals surface area contributed by atoms with E-state index in [1.165, 1.54) is 4.31 Å². The van der Waals surface area contributed by atoms with Crippen LogP contribution in [0.1, 0.15) is 12.8 Å². The molecule has 0 aromatic carbocycles. The molecule has 0 atom stereocenters. The minimum absolute atomic E-state index is 0.0867. The summed E-state index contributed by atoms with van der Waals surface area (Å²) in [6.45, 7) is 3.92. The van der Waals surface area contributed by atoms with Crippen LogP contribution in [0.3, 0.4) is 0 Å². The quantitative estimate of drug-likeness (QED) is 0.727. The van der Waals surface area contributed by atoms with Gasteiger partial charge in [0.15, 0.2) is 0 Å². The van der Waals surface area contributed by atoms with E-state index in [4.69, 9.17) is 4.74 Å². The number of rotatable bonds is 3. The van der Waals surface area contributed by atoms with Crippen molar-refractivity contribution in [2.24, 2.45) is 0 Å². The third-order valence-corrected chi connectivity index (χ3v) is 5.51. The van der Waals surface area contributed by atoms with Gasteiger partial charge in [0.2, 0.25) is 0 Å². The summed E-state index contributed by atoms with van der Waals surface area (Å²) in [5, 5.41) is 3.16. The molecule has 0 radical (unpaired) electrons. The molecule has 0 bridgehead atoms. The Morgan fingerprint density at radius 1 is 1.24 bits per heavy atom. The smallest absolute Gasteiger partial charge is 0.282 e. The lowest BCUT2D eigenvalue weighted by molar-refractivity contribution is 0.0617. The second-order valence-corrected chi connectivity index (χ2v) is 6.50. The van der Waals surface area contributed by atoms with E-state index in [0.717, 1.165) is 25.9 Å². The summed E-state index contributed by atoms with van der Waals surface area (Å²) in [7, 11) is -1.60. The second kappa shape index (κ2) is 5.62. The van der Waals surface area contributed by atoms with Gasteiger partial charge in [-0.25, -0.2) is 0 Å². The van der Waals surface area contributed by atoms with Gasteiger partial charge < -0.3 is 10.1 Å². The van der Waals surface area contributed by atoms with E-state index in [0.29, 0.717) is 26.3 Å². The van der Waals surface area contributed by atoms with Gasteiger partial charge in [-0.1, -0.05) is 0 Å². The lowest BCUT2D eigenvalue weighted by atomic mass is 10.1. The highest BCUT2D eigenvalue weighted by molar-refractivity contribution is 7.86. The molecule has 2 heterocycles. The average Bonchev–Trinajstić information content (AvgIpc) is 2.40. The number of nitrogens with zero attached hydrogens (tertiary/aromatic N) is 2. The van der Waals surface area contributed by atoms with Crippen molar-refractivity contribution < 1.29 is 13.2 Å². The summed E-state index contributed by atoms with van der Waals surface area (Å²) in [6.07, 6.45) is 1.59. The van der Waals surface area contributed by atoms with E-state index in [2.05, 4.69) is 5.32 Å². The van der Waals surface area contributed by atoms with Gasteiger partial charge >= 0.3 is 0 Å². The predicted molar refractivity (Wildman–Crippen MR) is 65.0 cm³/mol. The first-order valence-corrected chi connectivity index (χ1v) is 7.53. The van der Waals surface area contributed by atoms with Crippen molar-refractivity contribution in [3.63, 3.8) is 0 Å². The van der Waals surface area contributed by atoms with Crippen LogP contribution >= 0.6 is 0 Å². The van der Waals surface area contributed by atoms with Crippen LogP contribution in [0.2, 0.25) is 0 Å². The van der Waals surface area contributed by atoms with Gasteiger partial charge in [-0.2, -0.15) is 17.0 Å². The van der Waals surface area contributed by atoms with Gasteiger partial charge in [0.25, 0.3) is 10.2 Å². The highest BCUT2D eigenvalue weighted by atomic mass is 32.2. The Labute approximate surface area is 103 Å². The summed E-state index contributed by atoms with van der Waals surface area (Å²) in [6, 6.07) is 0.0867. The van der Waals surface area contributed by atoms with Crippen LogP contribution in [0.15, 0.2) is 0 Å². The minimum atomic E-state index is -3.29. The maximum Gasteiger partial charge on any atom is 0.282 e. The molecule has 0 spiro atoms. The fraction of sp³-hybridized carbons (Fsp3) is 1.00. The van der Waals surface area contributed by atoms with Gasteiger partial charge in [0.1, 0.15) is 0 Å². The molecule has 0 aromatic heterocycles. The van der Waals surface area contributed by atoms with Crippen molar-refractivity contribution in [1.29, 1.82) is 0 Å². The Bertz CT molecular complexity index is 335. The van der Waals surface area contributed by atoms with E-state index in [-0.39, 0.29) is 6.04 Å². The van der Waals surface area contributed by atoms with Crippen molar-refractivity contribution in [3.05, 3.63) is 0 Å². The highest BCUT2D eigenvalue weighted by Crippen LogP contribution is 2.18. The predicted octanol–water partition coefficient (Wildman–Crippen LogP) is -0.753. The molecule has 2 aliphatic heterocycles. The highest BCUT2D eigenvalue weighted by Gasteiger charge is 2.33. The summed E-state index contributed by atoms with van der Waals surface area (Å²) in [4.78, 5) is 0. The number of ether oxygens (including phenoxy) is 1. The van der Waals surface area contributed by atoms with E-state index in [1.54, 1.807) is 11.4 Å². The Balaban J connectivity index is 2.02. The van der Waals surface area contributed by atoms with Crippen molar-refractivity contribution in [3.8, 4) is 0 Å². The molecule has 0 unspecified atom stereocenters. The monoisotopic (exact) mass is 263 g/mol. The fourth-order valence-electron chi connectivity index (χ4n) is 2.29. The number of hydrogen-bond donors (Lipinski definition) is 1. The molecule has 7 heteroatoms. The number of nitrogens with one attached hydrogen (secondary N) is 1. The SMILES string of the molecule is CN(C1CCOCC1)S(=O)(=O)N1CCNCC1. The van der Waals surface area contributed by atoms with Gasteiger partial charge in [-0.3, -0.25) is 0 Å². The van der Waals surface area contributed by atoms with Crippen LogP contribution < -0.4 is 5.32 Å². The zero-order chi connectivity index (χ0) is 12.3. The fourth-order valence-corrected chi connectivity index (χ4v) is 3.89. The molecule has 0 saturated carbocycles. The Hall–Kier alpha value is -0.210. The molecule has 0 aliphatic carbocycles. The van der Waals surface area contributed by atoms with Crippen LogP contribution in [0.25, 0.3) is 0 Å². The standard InChI is InChI=1S/C10H21N3O3S/c1-12(10-2-8-16-9-3-10)17(14,15)13-6-4-11-5-7-13/h10-11H,2-9H2,1H3. The molecule has 2 rings (SSSR count). The largest absolute Gasteiger partial charge is 0.381 e. The maximum atomic E-state index is 12.4. The summed E-state index contributed by atoms with van der Waals surface area (Å²) >= 11 is 0. The second-order valence-electron chi connectivity index (χ2n) is 4.52. The Morgan fingerprint density at radius 2 is 1.82 bits per heavy atom. The first-order valence-electron chi connectivity index (χ1n) is 6.14. The van der Waals surface area contributed by atoms with Crippen LogP contribution in [-0.2, 0) is 14.9 Å². The molecule has 6 nitrogen and oxygen atoms in total. The molecule has 2 fully saturated rings. The van der Waals surface area contributed by atoms with Crippen molar-refractivity contribution >= 4 is 10.2 Å². The third kappa shape index (κ3) is 2.97. The maximum absolute atomic E-state index is 12.4. The Kier molecular flexibility index (Phi) is 4.37. The summed E-state index contributed by atoms with van der Waals surface area (Å²) in [5.41, 5.74) is 0. The van der Waals surface area contributed by atoms with Gasteiger partial charge in [-0.15, -0.1) is 0 Å². The van der Waals surface area contributed by atoms with Crippen LogP contribution in [0.4, 0.5) is 0 Å². The lowest BCUT2D eigenvalue weighted by Crippen LogP contribution is -2.53. The zero-order valence-corrected chi connectivity index (χ0v) is 11.1. The topological polar surface area (TPSA) is 61.9 Å². The average molecular weight is 263 g/mol. The minimum Gasteiger partial charge on any atom is -0.381 e. The van der Waals surface area contributed by atoms with Crippen LogP contribution in [0, 0.1) is 0 Å². The summed E-state index contributed by atoms with van der Waals surface area (Å²) < 4.78 is 33.1. The molecule has 0 aromatic rings. The Morgan fingerprint density at radius 3 is 2.41 bits per heavy atom. The van der Waals surface area contributed by atoms with Gasteiger partial charge in [0.05, 0.1) is 0 Å². The van der Waals surface area contributed by atoms with E-state index >= 15 is 0 Å². The van der Waals surface area contributed by atoms with Crippen LogP contribution in [0.5, 0.6) is 0 Å². The van der Waals surface area contributed by atoms with Crippen molar-refractivity contribution in [2.45, 2.75) is 18.9 Å². The molecular weight excluding hydrogens is 242 g/mol.